The van der Waals surface area contributed by atoms with Gasteiger partial charge in [0.2, 0.25) is 0 Å². The van der Waals surface area contributed by atoms with Crippen LogP contribution in [0.5, 0.6) is 5.75 Å². The maximum Gasteiger partial charge on any atom is 0.164 e. The molecule has 0 saturated heterocycles. The molecular formula is C19H22ClNO2. The van der Waals surface area contributed by atoms with Crippen LogP contribution in [0.1, 0.15) is 62.0 Å². The molecule has 1 aromatic heterocycles. The zero-order valence-electron chi connectivity index (χ0n) is 14.0. The molecule has 0 radical (unpaired) electrons. The largest absolute Gasteiger partial charge is 0.492 e. The summed E-state index contributed by atoms with van der Waals surface area (Å²) in [4.78, 5) is 12.4. The number of carbonyl (C=O) groups is 1. The van der Waals surface area contributed by atoms with E-state index in [-0.39, 0.29) is 11.8 Å². The van der Waals surface area contributed by atoms with E-state index in [1.807, 2.05) is 38.2 Å². The third kappa shape index (κ3) is 2.47. The summed E-state index contributed by atoms with van der Waals surface area (Å²) in [5, 5.41) is 0.632. The van der Waals surface area contributed by atoms with Crippen molar-refractivity contribution in [2.24, 2.45) is 0 Å². The van der Waals surface area contributed by atoms with Crippen LogP contribution in [0.2, 0.25) is 5.02 Å². The number of fused-ring (bicyclic) bond motifs is 3. The van der Waals surface area contributed by atoms with Crippen LogP contribution in [0.3, 0.4) is 0 Å². The Morgan fingerprint density at radius 1 is 1.30 bits per heavy atom. The Bertz CT molecular complexity index is 763. The standard InChI is InChI=1S/C19H22ClNO2/c1-5-17(22)13-7-8-21-12(4)11(3)14-9-16(20)18(23-6-2)10-15(14)19(13)21/h7-12H,5-6H2,1-4H3. The lowest BCUT2D eigenvalue weighted by atomic mass is 9.84. The lowest BCUT2D eigenvalue weighted by Gasteiger charge is -2.33. The Labute approximate surface area is 142 Å². The predicted molar refractivity (Wildman–Crippen MR) is 93.8 cm³/mol. The van der Waals surface area contributed by atoms with Crippen LogP contribution < -0.4 is 4.74 Å². The number of benzene rings is 1. The molecule has 0 N–H and O–H groups in total. The Morgan fingerprint density at radius 3 is 2.70 bits per heavy atom. The van der Waals surface area contributed by atoms with Crippen molar-refractivity contribution in [3.63, 3.8) is 0 Å². The first kappa shape index (κ1) is 16.1. The summed E-state index contributed by atoms with van der Waals surface area (Å²) in [5.41, 5.74) is 4.03. The molecule has 2 atom stereocenters. The number of ether oxygens (including phenoxy) is 1. The zero-order valence-corrected chi connectivity index (χ0v) is 14.8. The molecule has 4 heteroatoms. The van der Waals surface area contributed by atoms with E-state index < -0.39 is 0 Å². The lowest BCUT2D eigenvalue weighted by molar-refractivity contribution is 0.0988. The summed E-state index contributed by atoms with van der Waals surface area (Å²) < 4.78 is 7.86. The summed E-state index contributed by atoms with van der Waals surface area (Å²) >= 11 is 6.38. The fourth-order valence-corrected chi connectivity index (χ4v) is 3.63. The molecule has 0 bridgehead atoms. The van der Waals surface area contributed by atoms with Gasteiger partial charge in [0.05, 0.1) is 17.3 Å². The Morgan fingerprint density at radius 2 is 2.04 bits per heavy atom. The number of hydrogen-bond donors (Lipinski definition) is 0. The van der Waals surface area contributed by atoms with Crippen LogP contribution in [0.25, 0.3) is 11.3 Å². The summed E-state index contributed by atoms with van der Waals surface area (Å²) in [6, 6.07) is 6.21. The zero-order chi connectivity index (χ0) is 16.7. The minimum Gasteiger partial charge on any atom is -0.492 e. The fourth-order valence-electron chi connectivity index (χ4n) is 3.40. The maximum atomic E-state index is 12.4. The minimum absolute atomic E-state index is 0.166. The molecule has 3 nitrogen and oxygen atoms in total. The van der Waals surface area contributed by atoms with Gasteiger partial charge >= 0.3 is 0 Å². The van der Waals surface area contributed by atoms with Gasteiger partial charge < -0.3 is 9.30 Å². The van der Waals surface area contributed by atoms with Gasteiger partial charge in [-0.25, -0.2) is 0 Å². The molecule has 1 aliphatic heterocycles. The molecule has 3 rings (SSSR count). The normalized spacial score (nSPS) is 19.2. The van der Waals surface area contributed by atoms with Gasteiger partial charge in [-0.3, -0.25) is 4.79 Å². The fraction of sp³-hybridized carbons (Fsp3) is 0.421. The van der Waals surface area contributed by atoms with Crippen molar-refractivity contribution in [2.45, 2.75) is 46.1 Å². The Balaban J connectivity index is 2.27. The summed E-state index contributed by atoms with van der Waals surface area (Å²) in [6.45, 7) is 8.78. The number of aromatic nitrogens is 1. The van der Waals surface area contributed by atoms with Crippen molar-refractivity contribution in [2.75, 3.05) is 6.61 Å². The number of hydrogen-bond acceptors (Lipinski definition) is 2. The first-order chi connectivity index (χ1) is 11.0. The molecule has 1 aromatic carbocycles. The van der Waals surface area contributed by atoms with Gasteiger partial charge in [0, 0.05) is 35.7 Å². The minimum atomic E-state index is 0.166. The average Bonchev–Trinajstić information content (AvgIpc) is 2.98. The van der Waals surface area contributed by atoms with Gasteiger partial charge in [-0.05, 0) is 37.6 Å². The monoisotopic (exact) mass is 331 g/mol. The first-order valence-corrected chi connectivity index (χ1v) is 8.58. The van der Waals surface area contributed by atoms with Crippen molar-refractivity contribution in [1.82, 2.24) is 4.57 Å². The third-order valence-electron chi connectivity index (χ3n) is 4.85. The van der Waals surface area contributed by atoms with E-state index >= 15 is 0 Å². The van der Waals surface area contributed by atoms with Gasteiger partial charge in [0.15, 0.2) is 5.78 Å². The molecule has 23 heavy (non-hydrogen) atoms. The molecule has 2 unspecified atom stereocenters. The number of Topliss-reactive ketones (excluding diaryl/α,β-unsaturated/α-hetero) is 1. The molecule has 0 saturated carbocycles. The van der Waals surface area contributed by atoms with Gasteiger partial charge in [-0.2, -0.15) is 0 Å². The molecular weight excluding hydrogens is 310 g/mol. The maximum absolute atomic E-state index is 12.4. The average molecular weight is 332 g/mol. The van der Waals surface area contributed by atoms with Gasteiger partial charge in [0.25, 0.3) is 0 Å². The van der Waals surface area contributed by atoms with Gasteiger partial charge in [0.1, 0.15) is 5.75 Å². The highest BCUT2D eigenvalue weighted by Crippen LogP contribution is 2.47. The molecule has 2 heterocycles. The SMILES string of the molecule is CCOc1cc2c(cc1Cl)C(C)C(C)n1ccc(C(=O)CC)c1-2. The van der Waals surface area contributed by atoms with E-state index in [0.29, 0.717) is 29.7 Å². The highest BCUT2D eigenvalue weighted by Gasteiger charge is 2.31. The van der Waals surface area contributed by atoms with Crippen molar-refractivity contribution in [3.05, 3.63) is 40.5 Å². The van der Waals surface area contributed by atoms with E-state index in [2.05, 4.69) is 18.4 Å². The van der Waals surface area contributed by atoms with Crippen LogP contribution in [-0.2, 0) is 0 Å². The molecule has 0 fully saturated rings. The van der Waals surface area contributed by atoms with Crippen molar-refractivity contribution in [3.8, 4) is 17.0 Å². The van der Waals surface area contributed by atoms with Crippen LogP contribution >= 0.6 is 11.6 Å². The summed E-state index contributed by atoms with van der Waals surface area (Å²) in [5.74, 6) is 1.17. The second-order valence-corrected chi connectivity index (χ2v) is 6.50. The quantitative estimate of drug-likeness (QED) is 0.695. The highest BCUT2D eigenvalue weighted by atomic mass is 35.5. The van der Waals surface area contributed by atoms with E-state index in [1.165, 1.54) is 5.56 Å². The molecule has 2 aromatic rings. The van der Waals surface area contributed by atoms with Crippen LogP contribution in [0.4, 0.5) is 0 Å². The second-order valence-electron chi connectivity index (χ2n) is 6.09. The van der Waals surface area contributed by atoms with Crippen molar-refractivity contribution in [1.29, 1.82) is 0 Å². The van der Waals surface area contributed by atoms with E-state index in [1.54, 1.807) is 0 Å². The number of halogens is 1. The number of nitrogens with zero attached hydrogens (tertiary/aromatic N) is 1. The molecule has 0 amide bonds. The Kier molecular flexibility index (Phi) is 4.24. The smallest absolute Gasteiger partial charge is 0.164 e. The van der Waals surface area contributed by atoms with E-state index in [9.17, 15) is 4.79 Å². The number of carbonyl (C=O) groups excluding carboxylic acids is 1. The topological polar surface area (TPSA) is 31.2 Å². The lowest BCUT2D eigenvalue weighted by Crippen LogP contribution is -2.20. The molecule has 0 spiro atoms. The van der Waals surface area contributed by atoms with Crippen LogP contribution in [0, 0.1) is 0 Å². The molecule has 1 aliphatic rings. The predicted octanol–water partition coefficient (Wildman–Crippen LogP) is 5.48. The Hall–Kier alpha value is -1.74. The van der Waals surface area contributed by atoms with Gasteiger partial charge in [-0.1, -0.05) is 25.4 Å². The molecule has 0 aliphatic carbocycles. The third-order valence-corrected chi connectivity index (χ3v) is 5.14. The summed E-state index contributed by atoms with van der Waals surface area (Å²) in [6.07, 6.45) is 2.53. The van der Waals surface area contributed by atoms with Gasteiger partial charge in [-0.15, -0.1) is 0 Å². The van der Waals surface area contributed by atoms with E-state index in [4.69, 9.17) is 16.3 Å². The second kappa shape index (κ2) is 6.04. The van der Waals surface area contributed by atoms with Crippen LogP contribution in [-0.4, -0.2) is 17.0 Å². The van der Waals surface area contributed by atoms with E-state index in [0.717, 1.165) is 16.8 Å². The number of ketones is 1. The highest BCUT2D eigenvalue weighted by molar-refractivity contribution is 6.32. The van der Waals surface area contributed by atoms with Crippen molar-refractivity contribution < 1.29 is 9.53 Å². The first-order valence-electron chi connectivity index (χ1n) is 8.20. The number of rotatable bonds is 4. The molecule has 122 valence electrons. The van der Waals surface area contributed by atoms with Crippen LogP contribution in [0.15, 0.2) is 24.4 Å². The summed E-state index contributed by atoms with van der Waals surface area (Å²) in [7, 11) is 0. The van der Waals surface area contributed by atoms with Crippen molar-refractivity contribution >= 4 is 17.4 Å².